The summed E-state index contributed by atoms with van der Waals surface area (Å²) in [5, 5.41) is 12.6. The van der Waals surface area contributed by atoms with E-state index in [0.29, 0.717) is 44.4 Å². The Morgan fingerprint density at radius 1 is 1.52 bits per heavy atom. The summed E-state index contributed by atoms with van der Waals surface area (Å²) in [6, 6.07) is 7.28. The molecule has 2 aromatic heterocycles. The molecule has 2 aromatic rings. The molecular formula is C18H17N3O3S. The predicted octanol–water partition coefficient (Wildman–Crippen LogP) is 2.18. The second-order valence-electron chi connectivity index (χ2n) is 6.56. The predicted molar refractivity (Wildman–Crippen MR) is 91.4 cm³/mol. The van der Waals surface area contributed by atoms with E-state index in [4.69, 9.17) is 14.7 Å². The fourth-order valence-electron chi connectivity index (χ4n) is 3.51. The van der Waals surface area contributed by atoms with E-state index in [1.54, 1.807) is 12.1 Å². The smallest absolute Gasteiger partial charge is 0.254 e. The Balaban J connectivity index is 1.45. The first-order chi connectivity index (χ1) is 12.2. The molecule has 2 fully saturated rings. The number of fused-ring (bicyclic) bond motifs is 1. The third-order valence-electron chi connectivity index (χ3n) is 4.95. The van der Waals surface area contributed by atoms with Gasteiger partial charge in [0.15, 0.2) is 0 Å². The molecule has 25 heavy (non-hydrogen) atoms. The molecule has 2 aliphatic rings. The summed E-state index contributed by atoms with van der Waals surface area (Å²) >= 11 is 1.53. The van der Waals surface area contributed by atoms with Gasteiger partial charge in [-0.1, -0.05) is 0 Å². The standard InChI is InChI=1S/C18H17N3O3S/c19-5-13-1-2-16(20-6-13)24-12-18-10-21(7-15(18)8-23-11-18)17(22)14-3-4-25-9-14/h1-4,6,9,15H,7-8,10-12H2/t15-,18+/m1/s1. The van der Waals surface area contributed by atoms with Gasteiger partial charge in [0.05, 0.1) is 36.4 Å². The number of hydrogen-bond donors (Lipinski definition) is 0. The van der Waals surface area contributed by atoms with E-state index in [1.807, 2.05) is 27.8 Å². The largest absolute Gasteiger partial charge is 0.477 e. The molecule has 0 aromatic carbocycles. The molecule has 0 aliphatic carbocycles. The lowest BCUT2D eigenvalue weighted by atomic mass is 9.82. The molecule has 2 atom stereocenters. The normalized spacial score (nSPS) is 24.8. The van der Waals surface area contributed by atoms with E-state index in [9.17, 15) is 4.79 Å². The van der Waals surface area contributed by atoms with Crippen molar-refractivity contribution in [2.45, 2.75) is 0 Å². The van der Waals surface area contributed by atoms with Crippen LogP contribution in [0.5, 0.6) is 5.88 Å². The fraction of sp³-hybridized carbons (Fsp3) is 0.389. The van der Waals surface area contributed by atoms with Gasteiger partial charge in [0.25, 0.3) is 5.91 Å². The quantitative estimate of drug-likeness (QED) is 0.840. The maximum absolute atomic E-state index is 12.6. The zero-order valence-electron chi connectivity index (χ0n) is 13.6. The second-order valence-corrected chi connectivity index (χ2v) is 7.34. The number of carbonyl (C=O) groups is 1. The number of rotatable bonds is 4. The van der Waals surface area contributed by atoms with Gasteiger partial charge in [-0.3, -0.25) is 4.79 Å². The van der Waals surface area contributed by atoms with Gasteiger partial charge in [-0.2, -0.15) is 16.6 Å². The van der Waals surface area contributed by atoms with Gasteiger partial charge in [0, 0.05) is 36.7 Å². The Morgan fingerprint density at radius 3 is 3.16 bits per heavy atom. The Hall–Kier alpha value is -2.43. The van der Waals surface area contributed by atoms with Gasteiger partial charge < -0.3 is 14.4 Å². The highest BCUT2D eigenvalue weighted by Crippen LogP contribution is 2.42. The van der Waals surface area contributed by atoms with Crippen LogP contribution in [0, 0.1) is 22.7 Å². The topological polar surface area (TPSA) is 75.5 Å². The molecule has 7 heteroatoms. The van der Waals surface area contributed by atoms with E-state index in [-0.39, 0.29) is 17.2 Å². The number of aromatic nitrogens is 1. The minimum absolute atomic E-state index is 0.0755. The number of pyridine rings is 1. The Morgan fingerprint density at radius 2 is 2.44 bits per heavy atom. The monoisotopic (exact) mass is 355 g/mol. The van der Waals surface area contributed by atoms with E-state index in [0.717, 1.165) is 5.56 Å². The Labute approximate surface area is 149 Å². The molecule has 0 saturated carbocycles. The first kappa shape index (κ1) is 16.1. The maximum Gasteiger partial charge on any atom is 0.254 e. The summed E-state index contributed by atoms with van der Waals surface area (Å²) < 4.78 is 11.6. The number of likely N-dealkylation sites (tertiary alicyclic amines) is 1. The molecule has 0 spiro atoms. The average Bonchev–Trinajstić information content (AvgIpc) is 3.35. The number of nitrogens with zero attached hydrogens (tertiary/aromatic N) is 3. The molecular weight excluding hydrogens is 338 g/mol. The Kier molecular flexibility index (Phi) is 4.15. The molecule has 0 bridgehead atoms. The second kappa shape index (κ2) is 6.47. The summed E-state index contributed by atoms with van der Waals surface area (Å²) in [6.45, 7) is 3.00. The highest BCUT2D eigenvalue weighted by atomic mass is 32.1. The van der Waals surface area contributed by atoms with Crippen LogP contribution in [0.3, 0.4) is 0 Å². The summed E-state index contributed by atoms with van der Waals surface area (Å²) in [6.07, 6.45) is 1.50. The molecule has 0 N–H and O–H groups in total. The third kappa shape index (κ3) is 2.99. The number of amides is 1. The van der Waals surface area contributed by atoms with Crippen LogP contribution in [-0.4, -0.2) is 48.7 Å². The minimum atomic E-state index is -0.193. The SMILES string of the molecule is N#Cc1ccc(OC[C@]23COC[C@H]2CN(C(=O)c2ccsc2)C3)nc1. The lowest BCUT2D eigenvalue weighted by Crippen LogP contribution is -2.38. The zero-order chi connectivity index (χ0) is 17.3. The first-order valence-electron chi connectivity index (χ1n) is 8.08. The molecule has 0 unspecified atom stereocenters. The van der Waals surface area contributed by atoms with Crippen molar-refractivity contribution < 1.29 is 14.3 Å². The van der Waals surface area contributed by atoms with Gasteiger partial charge in [-0.05, 0) is 17.5 Å². The summed E-state index contributed by atoms with van der Waals surface area (Å²) in [5.41, 5.74) is 1.05. The molecule has 0 radical (unpaired) electrons. The van der Waals surface area contributed by atoms with Crippen LogP contribution in [0.4, 0.5) is 0 Å². The van der Waals surface area contributed by atoms with E-state index < -0.39 is 0 Å². The molecule has 6 nitrogen and oxygen atoms in total. The number of thiophene rings is 1. The van der Waals surface area contributed by atoms with Gasteiger partial charge in [-0.15, -0.1) is 0 Å². The fourth-order valence-corrected chi connectivity index (χ4v) is 4.14. The lowest BCUT2D eigenvalue weighted by Gasteiger charge is -2.26. The van der Waals surface area contributed by atoms with Crippen molar-refractivity contribution in [1.82, 2.24) is 9.88 Å². The first-order valence-corrected chi connectivity index (χ1v) is 9.03. The molecule has 128 valence electrons. The molecule has 2 aliphatic heterocycles. The summed E-state index contributed by atoms with van der Waals surface area (Å²) in [4.78, 5) is 18.7. The van der Waals surface area contributed by atoms with Crippen LogP contribution in [0.1, 0.15) is 15.9 Å². The van der Waals surface area contributed by atoms with Crippen LogP contribution in [0.25, 0.3) is 0 Å². The van der Waals surface area contributed by atoms with Gasteiger partial charge in [-0.25, -0.2) is 4.98 Å². The molecule has 4 rings (SSSR count). The number of nitriles is 1. The average molecular weight is 355 g/mol. The molecule has 1 amide bonds. The molecule has 4 heterocycles. The van der Waals surface area contributed by atoms with Crippen molar-refractivity contribution in [2.24, 2.45) is 11.3 Å². The highest BCUT2D eigenvalue weighted by molar-refractivity contribution is 7.08. The van der Waals surface area contributed by atoms with Crippen LogP contribution in [-0.2, 0) is 4.74 Å². The van der Waals surface area contributed by atoms with Crippen LogP contribution in [0.2, 0.25) is 0 Å². The van der Waals surface area contributed by atoms with Crippen molar-refractivity contribution in [3.8, 4) is 11.9 Å². The van der Waals surface area contributed by atoms with Gasteiger partial charge in [0.2, 0.25) is 5.88 Å². The van der Waals surface area contributed by atoms with E-state index >= 15 is 0 Å². The highest BCUT2D eigenvalue weighted by Gasteiger charge is 2.52. The number of hydrogen-bond acceptors (Lipinski definition) is 6. The number of carbonyl (C=O) groups excluding carboxylic acids is 1. The van der Waals surface area contributed by atoms with E-state index in [2.05, 4.69) is 4.98 Å². The van der Waals surface area contributed by atoms with Gasteiger partial charge in [0.1, 0.15) is 6.07 Å². The van der Waals surface area contributed by atoms with Crippen molar-refractivity contribution >= 4 is 17.2 Å². The summed E-state index contributed by atoms with van der Waals surface area (Å²) in [7, 11) is 0. The van der Waals surface area contributed by atoms with Gasteiger partial charge >= 0.3 is 0 Å². The van der Waals surface area contributed by atoms with Crippen molar-refractivity contribution in [3.63, 3.8) is 0 Å². The zero-order valence-corrected chi connectivity index (χ0v) is 14.4. The van der Waals surface area contributed by atoms with Crippen molar-refractivity contribution in [3.05, 3.63) is 46.3 Å². The van der Waals surface area contributed by atoms with Crippen molar-refractivity contribution in [1.29, 1.82) is 5.26 Å². The van der Waals surface area contributed by atoms with Crippen LogP contribution >= 0.6 is 11.3 Å². The maximum atomic E-state index is 12.6. The van der Waals surface area contributed by atoms with Crippen LogP contribution < -0.4 is 4.74 Å². The number of ether oxygens (including phenoxy) is 2. The third-order valence-corrected chi connectivity index (χ3v) is 5.63. The minimum Gasteiger partial charge on any atom is -0.477 e. The van der Waals surface area contributed by atoms with Crippen molar-refractivity contribution in [2.75, 3.05) is 32.9 Å². The summed E-state index contributed by atoms with van der Waals surface area (Å²) in [5.74, 6) is 0.835. The lowest BCUT2D eigenvalue weighted by molar-refractivity contribution is 0.0656. The molecule has 2 saturated heterocycles. The van der Waals surface area contributed by atoms with E-state index in [1.165, 1.54) is 17.5 Å². The van der Waals surface area contributed by atoms with Crippen LogP contribution in [0.15, 0.2) is 35.2 Å². The Bertz CT molecular complexity index is 800.